The molecule has 0 unspecified atom stereocenters. The summed E-state index contributed by atoms with van der Waals surface area (Å²) in [7, 11) is -3.46. The van der Waals surface area contributed by atoms with Crippen molar-refractivity contribution in [3.63, 3.8) is 0 Å². The summed E-state index contributed by atoms with van der Waals surface area (Å²) in [5, 5.41) is 13.8. The fraction of sp³-hybridized carbons (Fsp3) is 0.611. The minimum Gasteiger partial charge on any atom is -0.385 e. The Balaban J connectivity index is 1.72. The van der Waals surface area contributed by atoms with Crippen molar-refractivity contribution >= 4 is 27.5 Å². The molecule has 11 heteroatoms. The molecule has 162 valence electrons. The van der Waals surface area contributed by atoms with E-state index in [4.69, 9.17) is 0 Å². The van der Waals surface area contributed by atoms with Crippen LogP contribution in [0.4, 0.5) is 11.4 Å². The Morgan fingerprint density at radius 1 is 1.14 bits per heavy atom. The number of carbonyl (C=O) groups excluding carboxylic acids is 1. The number of benzene rings is 1. The molecule has 10 nitrogen and oxygen atoms in total. The lowest BCUT2D eigenvalue weighted by Gasteiger charge is -2.36. The Morgan fingerprint density at radius 3 is 2.24 bits per heavy atom. The fourth-order valence-electron chi connectivity index (χ4n) is 3.21. The summed E-state index contributed by atoms with van der Waals surface area (Å²) < 4.78 is 27.9. The van der Waals surface area contributed by atoms with Gasteiger partial charge in [-0.25, -0.2) is 0 Å². The number of anilines is 1. The predicted molar refractivity (Wildman–Crippen MR) is 111 cm³/mol. The standard InChI is InChI=1S/C18H29N5O5S/c1-3-21(4-2)29(27,28)22-14-12-20(13-15-22)18(24)6-5-11-19-16-7-9-17(10-8-16)23(25)26/h7-10,19H,3-6,11-15H2,1-2H3. The van der Waals surface area contributed by atoms with E-state index in [9.17, 15) is 23.3 Å². The molecule has 0 bridgehead atoms. The van der Waals surface area contributed by atoms with Crippen LogP contribution in [0.25, 0.3) is 0 Å². The molecule has 1 aromatic rings. The van der Waals surface area contributed by atoms with Crippen molar-refractivity contribution in [2.45, 2.75) is 26.7 Å². The van der Waals surface area contributed by atoms with E-state index in [1.54, 1.807) is 17.0 Å². The van der Waals surface area contributed by atoms with E-state index in [0.717, 1.165) is 5.69 Å². The number of hydrogen-bond acceptors (Lipinski definition) is 6. The quantitative estimate of drug-likeness (QED) is 0.344. The number of piperazine rings is 1. The monoisotopic (exact) mass is 427 g/mol. The number of non-ortho nitro benzene ring substituents is 1. The zero-order valence-electron chi connectivity index (χ0n) is 16.9. The van der Waals surface area contributed by atoms with Crippen LogP contribution in [0.15, 0.2) is 24.3 Å². The smallest absolute Gasteiger partial charge is 0.282 e. The minimum absolute atomic E-state index is 0.00962. The molecule has 0 spiro atoms. The van der Waals surface area contributed by atoms with Crippen molar-refractivity contribution in [2.24, 2.45) is 0 Å². The Kier molecular flexibility index (Phi) is 8.35. The van der Waals surface area contributed by atoms with Gasteiger partial charge in [0.2, 0.25) is 5.91 Å². The van der Waals surface area contributed by atoms with Gasteiger partial charge in [0, 0.05) is 70.1 Å². The van der Waals surface area contributed by atoms with Crippen molar-refractivity contribution in [2.75, 3.05) is 51.1 Å². The number of amides is 1. The van der Waals surface area contributed by atoms with Crippen LogP contribution in [0.3, 0.4) is 0 Å². The average Bonchev–Trinajstić information content (AvgIpc) is 2.72. The van der Waals surface area contributed by atoms with E-state index >= 15 is 0 Å². The first-order valence-electron chi connectivity index (χ1n) is 9.81. The van der Waals surface area contributed by atoms with Gasteiger partial charge in [-0.1, -0.05) is 13.8 Å². The van der Waals surface area contributed by atoms with Crippen molar-refractivity contribution < 1.29 is 18.1 Å². The molecule has 0 aliphatic carbocycles. The Bertz CT molecular complexity index is 787. The second-order valence-electron chi connectivity index (χ2n) is 6.71. The molecule has 0 radical (unpaired) electrons. The van der Waals surface area contributed by atoms with Gasteiger partial charge in [0.25, 0.3) is 15.9 Å². The van der Waals surface area contributed by atoms with Gasteiger partial charge in [-0.15, -0.1) is 0 Å². The van der Waals surface area contributed by atoms with Crippen LogP contribution >= 0.6 is 0 Å². The van der Waals surface area contributed by atoms with Crippen LogP contribution < -0.4 is 5.32 Å². The molecule has 1 saturated heterocycles. The number of hydrogen-bond donors (Lipinski definition) is 1. The molecule has 2 rings (SSSR count). The number of carbonyl (C=O) groups is 1. The number of nitrogens with zero attached hydrogens (tertiary/aromatic N) is 4. The largest absolute Gasteiger partial charge is 0.385 e. The lowest BCUT2D eigenvalue weighted by molar-refractivity contribution is -0.384. The van der Waals surface area contributed by atoms with Gasteiger partial charge < -0.3 is 10.2 Å². The highest BCUT2D eigenvalue weighted by molar-refractivity contribution is 7.86. The van der Waals surface area contributed by atoms with Gasteiger partial charge in [0.15, 0.2) is 0 Å². The van der Waals surface area contributed by atoms with Gasteiger partial charge in [-0.2, -0.15) is 17.0 Å². The highest BCUT2D eigenvalue weighted by Crippen LogP contribution is 2.16. The molecular formula is C18H29N5O5S. The minimum atomic E-state index is -3.46. The highest BCUT2D eigenvalue weighted by atomic mass is 32.2. The first-order valence-corrected chi connectivity index (χ1v) is 11.2. The third-order valence-electron chi connectivity index (χ3n) is 4.92. The van der Waals surface area contributed by atoms with Crippen LogP contribution in [0.1, 0.15) is 26.7 Å². The molecule has 0 saturated carbocycles. The molecular weight excluding hydrogens is 398 g/mol. The van der Waals surface area contributed by atoms with E-state index in [-0.39, 0.29) is 11.6 Å². The summed E-state index contributed by atoms with van der Waals surface area (Å²) in [5.41, 5.74) is 0.797. The molecule has 29 heavy (non-hydrogen) atoms. The summed E-state index contributed by atoms with van der Waals surface area (Å²) in [6.45, 7) is 6.47. The van der Waals surface area contributed by atoms with E-state index in [2.05, 4.69) is 5.32 Å². The topological polar surface area (TPSA) is 116 Å². The molecule has 1 heterocycles. The van der Waals surface area contributed by atoms with Crippen molar-refractivity contribution in [3.05, 3.63) is 34.4 Å². The van der Waals surface area contributed by atoms with Crippen LogP contribution in [0, 0.1) is 10.1 Å². The number of nitro benzene ring substituents is 1. The van der Waals surface area contributed by atoms with Crippen molar-refractivity contribution in [1.82, 2.24) is 13.5 Å². The Labute approximate surface area is 171 Å². The average molecular weight is 428 g/mol. The highest BCUT2D eigenvalue weighted by Gasteiger charge is 2.31. The van der Waals surface area contributed by atoms with Crippen LogP contribution in [0.5, 0.6) is 0 Å². The lowest BCUT2D eigenvalue weighted by Crippen LogP contribution is -2.54. The number of nitro groups is 1. The van der Waals surface area contributed by atoms with Crippen LogP contribution in [-0.2, 0) is 15.0 Å². The zero-order chi connectivity index (χ0) is 21.4. The summed E-state index contributed by atoms with van der Waals surface area (Å²) in [6, 6.07) is 6.13. The molecule has 1 amide bonds. The Morgan fingerprint density at radius 2 is 1.72 bits per heavy atom. The SMILES string of the molecule is CCN(CC)S(=O)(=O)N1CCN(C(=O)CCCNc2ccc([N+](=O)[O-])cc2)CC1. The van der Waals surface area contributed by atoms with Crippen molar-refractivity contribution in [1.29, 1.82) is 0 Å². The molecule has 1 fully saturated rings. The summed E-state index contributed by atoms with van der Waals surface area (Å²) in [4.78, 5) is 24.3. The van der Waals surface area contributed by atoms with Gasteiger partial charge in [0.1, 0.15) is 0 Å². The molecule has 1 N–H and O–H groups in total. The maximum atomic E-state index is 12.5. The fourth-order valence-corrected chi connectivity index (χ4v) is 4.82. The van der Waals surface area contributed by atoms with Crippen LogP contribution in [-0.4, -0.2) is 78.6 Å². The Hall–Kier alpha value is -2.24. The molecule has 0 aromatic heterocycles. The maximum absolute atomic E-state index is 12.5. The second kappa shape index (κ2) is 10.5. The van der Waals surface area contributed by atoms with Crippen molar-refractivity contribution in [3.8, 4) is 0 Å². The third-order valence-corrected chi connectivity index (χ3v) is 7.11. The van der Waals surface area contributed by atoms with Gasteiger partial charge in [0.05, 0.1) is 4.92 Å². The second-order valence-corrected chi connectivity index (χ2v) is 8.63. The first kappa shape index (κ1) is 23.0. The van der Waals surface area contributed by atoms with E-state index in [1.165, 1.54) is 20.7 Å². The summed E-state index contributed by atoms with van der Waals surface area (Å²) in [6.07, 6.45) is 0.983. The molecule has 0 atom stereocenters. The summed E-state index contributed by atoms with van der Waals surface area (Å²) >= 11 is 0. The van der Waals surface area contributed by atoms with Gasteiger partial charge >= 0.3 is 0 Å². The van der Waals surface area contributed by atoms with Crippen LogP contribution in [0.2, 0.25) is 0 Å². The van der Waals surface area contributed by atoms with Gasteiger partial charge in [-0.3, -0.25) is 14.9 Å². The third kappa shape index (κ3) is 6.12. The zero-order valence-corrected chi connectivity index (χ0v) is 17.7. The normalized spacial score (nSPS) is 15.5. The van der Waals surface area contributed by atoms with E-state index in [1.807, 2.05) is 13.8 Å². The molecule has 1 aliphatic heterocycles. The number of rotatable bonds is 10. The number of nitrogens with one attached hydrogen (secondary N) is 1. The molecule has 1 aliphatic rings. The maximum Gasteiger partial charge on any atom is 0.282 e. The first-order chi connectivity index (χ1) is 13.8. The van der Waals surface area contributed by atoms with Gasteiger partial charge in [-0.05, 0) is 18.6 Å². The summed E-state index contributed by atoms with van der Waals surface area (Å²) in [5.74, 6) is 0.00962. The van der Waals surface area contributed by atoms with E-state index < -0.39 is 15.1 Å². The predicted octanol–water partition coefficient (Wildman–Crippen LogP) is 1.52. The molecule has 1 aromatic carbocycles. The van der Waals surface area contributed by atoms with E-state index in [0.29, 0.717) is 58.7 Å². The lowest BCUT2D eigenvalue weighted by atomic mass is 10.2.